The number of aryl methyl sites for hydroxylation is 1. The summed E-state index contributed by atoms with van der Waals surface area (Å²) in [7, 11) is -3.90. The topological polar surface area (TPSA) is 84.0 Å². The van der Waals surface area contributed by atoms with Gasteiger partial charge in [0.1, 0.15) is 0 Å². The quantitative estimate of drug-likeness (QED) is 0.738. The summed E-state index contributed by atoms with van der Waals surface area (Å²) in [5, 5.41) is 14.8. The first-order valence-corrected chi connectivity index (χ1v) is 8.52. The van der Waals surface area contributed by atoms with Gasteiger partial charge >= 0.3 is 0 Å². The molecule has 0 radical (unpaired) electrons. The van der Waals surface area contributed by atoms with Crippen molar-refractivity contribution >= 4 is 26.6 Å². The highest BCUT2D eigenvalue weighted by atomic mass is 32.2. The molecule has 0 aliphatic heterocycles. The Balaban J connectivity index is 2.11. The molecule has 0 fully saturated rings. The molecule has 3 rings (SSSR count). The molecule has 118 valence electrons. The molecule has 0 spiro atoms. The summed E-state index contributed by atoms with van der Waals surface area (Å²) in [5.41, 5.74) is 0.931. The van der Waals surface area contributed by atoms with Gasteiger partial charge in [-0.05, 0) is 25.1 Å². The Morgan fingerprint density at radius 2 is 1.70 bits per heavy atom. The molecule has 1 N–H and O–H groups in total. The van der Waals surface area contributed by atoms with Gasteiger partial charge in [-0.3, -0.25) is 0 Å². The average Bonchev–Trinajstić information content (AvgIpc) is 2.85. The van der Waals surface area contributed by atoms with Crippen LogP contribution in [0.5, 0.6) is 5.88 Å². The molecule has 23 heavy (non-hydrogen) atoms. The van der Waals surface area contributed by atoms with Crippen LogP contribution in [0.4, 0.5) is 5.69 Å². The highest BCUT2D eigenvalue weighted by molar-refractivity contribution is 7.90. The molecule has 2 aromatic carbocycles. The maximum absolute atomic E-state index is 12.2. The fraction of sp³-hybridized carbons (Fsp3) is 0.125. The zero-order valence-corrected chi connectivity index (χ0v) is 13.2. The molecule has 1 heterocycles. The van der Waals surface area contributed by atoms with E-state index in [0.717, 1.165) is 5.52 Å². The van der Waals surface area contributed by atoms with Gasteiger partial charge in [-0.25, -0.2) is 0 Å². The van der Waals surface area contributed by atoms with E-state index in [0.29, 0.717) is 11.9 Å². The predicted molar refractivity (Wildman–Crippen MR) is 87.4 cm³/mol. The summed E-state index contributed by atoms with van der Waals surface area (Å²) in [6, 6.07) is 15.1. The number of aromatic hydroxyl groups is 1. The predicted octanol–water partition coefficient (Wildman–Crippen LogP) is 3.84. The number of fused-ring (bicyclic) bond motifs is 1. The number of hydrogen-bond donors (Lipinski definition) is 1. The molecule has 0 saturated heterocycles. The first kappa shape index (κ1) is 15.2. The van der Waals surface area contributed by atoms with Gasteiger partial charge in [0, 0.05) is 11.9 Å². The summed E-state index contributed by atoms with van der Waals surface area (Å²) >= 11 is 0. The fourth-order valence-corrected chi connectivity index (χ4v) is 3.21. The Labute approximate surface area is 133 Å². The molecule has 3 aromatic rings. The molecule has 7 heteroatoms. The van der Waals surface area contributed by atoms with Crippen LogP contribution < -0.4 is 0 Å². The van der Waals surface area contributed by atoms with E-state index in [9.17, 15) is 13.5 Å². The lowest BCUT2D eigenvalue weighted by molar-refractivity contribution is 0.427. The minimum Gasteiger partial charge on any atom is -0.493 e. The average molecular weight is 329 g/mol. The van der Waals surface area contributed by atoms with Crippen molar-refractivity contribution in [1.29, 1.82) is 0 Å². The van der Waals surface area contributed by atoms with Crippen molar-refractivity contribution < 1.29 is 13.5 Å². The number of rotatable bonds is 4. The van der Waals surface area contributed by atoms with Crippen molar-refractivity contribution in [1.82, 2.24) is 4.57 Å². The highest BCUT2D eigenvalue weighted by Crippen LogP contribution is 2.39. The van der Waals surface area contributed by atoms with E-state index < -0.39 is 10.0 Å². The molecule has 0 atom stereocenters. The maximum Gasteiger partial charge on any atom is 0.299 e. The normalized spacial score (nSPS) is 12.2. The minimum atomic E-state index is -3.90. The molecule has 0 bridgehead atoms. The lowest BCUT2D eigenvalue weighted by Crippen LogP contribution is -1.94. The third-order valence-corrected chi connectivity index (χ3v) is 4.69. The van der Waals surface area contributed by atoms with Crippen molar-refractivity contribution in [3.05, 3.63) is 54.6 Å². The van der Waals surface area contributed by atoms with E-state index in [2.05, 4.69) is 9.63 Å². The van der Waals surface area contributed by atoms with Gasteiger partial charge in [-0.15, -0.1) is 5.11 Å². The fourth-order valence-electron chi connectivity index (χ4n) is 2.42. The molecule has 0 saturated carbocycles. The molecule has 0 unspecified atom stereocenters. The van der Waals surface area contributed by atoms with E-state index in [4.69, 9.17) is 0 Å². The van der Waals surface area contributed by atoms with Crippen molar-refractivity contribution in [2.24, 2.45) is 9.63 Å². The number of benzene rings is 2. The van der Waals surface area contributed by atoms with Crippen LogP contribution in [-0.4, -0.2) is 18.1 Å². The van der Waals surface area contributed by atoms with Crippen LogP contribution in [0.3, 0.4) is 0 Å². The number of hydrogen-bond acceptors (Lipinski definition) is 4. The van der Waals surface area contributed by atoms with Gasteiger partial charge in [0.15, 0.2) is 5.69 Å². The Hall–Kier alpha value is -2.67. The number of para-hydroxylation sites is 1. The van der Waals surface area contributed by atoms with Crippen LogP contribution in [0.25, 0.3) is 10.9 Å². The molecular formula is C16H15N3O3S. The van der Waals surface area contributed by atoms with Gasteiger partial charge in [-0.2, -0.15) is 8.42 Å². The largest absolute Gasteiger partial charge is 0.493 e. The first-order chi connectivity index (χ1) is 11.0. The Kier molecular flexibility index (Phi) is 3.87. The molecule has 0 aliphatic rings. The van der Waals surface area contributed by atoms with E-state index in [-0.39, 0.29) is 16.5 Å². The van der Waals surface area contributed by atoms with Crippen LogP contribution >= 0.6 is 0 Å². The number of nitrogens with zero attached hydrogens (tertiary/aromatic N) is 3. The zero-order chi connectivity index (χ0) is 16.4. The third-order valence-electron chi connectivity index (χ3n) is 3.52. The summed E-state index contributed by atoms with van der Waals surface area (Å²) in [6.07, 6.45) is 0. The molecule has 0 aliphatic carbocycles. The van der Waals surface area contributed by atoms with E-state index in [1.165, 1.54) is 12.1 Å². The second kappa shape index (κ2) is 5.85. The van der Waals surface area contributed by atoms with Crippen molar-refractivity contribution in [3.63, 3.8) is 0 Å². The Morgan fingerprint density at radius 3 is 2.39 bits per heavy atom. The standard InChI is InChI=1S/C16H15N3O3S/c1-2-19-14-11-7-6-10-13(14)15(16(19)20)17-18-23(21,22)12-8-4-3-5-9-12/h3-11,20H,2H2,1H3. The van der Waals surface area contributed by atoms with E-state index >= 15 is 0 Å². The second-order valence-corrected chi connectivity index (χ2v) is 6.49. The number of sulfonamides is 1. The van der Waals surface area contributed by atoms with Crippen molar-refractivity contribution in [3.8, 4) is 5.88 Å². The van der Waals surface area contributed by atoms with Crippen LogP contribution in [0.2, 0.25) is 0 Å². The molecule has 1 aromatic heterocycles. The van der Waals surface area contributed by atoms with Gasteiger partial charge in [0.05, 0.1) is 10.4 Å². The van der Waals surface area contributed by atoms with Crippen molar-refractivity contribution in [2.75, 3.05) is 0 Å². The SMILES string of the molecule is CCn1c(O)c(N=NS(=O)(=O)c2ccccc2)c2ccccc21. The summed E-state index contributed by atoms with van der Waals surface area (Å²) in [6.45, 7) is 2.42. The van der Waals surface area contributed by atoms with Crippen LogP contribution in [-0.2, 0) is 16.6 Å². The monoisotopic (exact) mass is 329 g/mol. The van der Waals surface area contributed by atoms with Gasteiger partial charge in [-0.1, -0.05) is 40.9 Å². The van der Waals surface area contributed by atoms with Crippen LogP contribution in [0.15, 0.2) is 69.1 Å². The third kappa shape index (κ3) is 2.70. The molecular weight excluding hydrogens is 314 g/mol. The van der Waals surface area contributed by atoms with Gasteiger partial charge < -0.3 is 9.67 Å². The minimum absolute atomic E-state index is 0.0578. The van der Waals surface area contributed by atoms with E-state index in [1.807, 2.05) is 19.1 Å². The number of aromatic nitrogens is 1. The van der Waals surface area contributed by atoms with Crippen LogP contribution in [0, 0.1) is 0 Å². The van der Waals surface area contributed by atoms with E-state index in [1.54, 1.807) is 34.9 Å². The Morgan fingerprint density at radius 1 is 1.04 bits per heavy atom. The zero-order valence-electron chi connectivity index (χ0n) is 12.4. The van der Waals surface area contributed by atoms with Gasteiger partial charge in [0.2, 0.25) is 5.88 Å². The second-order valence-electron chi connectivity index (χ2n) is 4.90. The first-order valence-electron chi connectivity index (χ1n) is 7.08. The lowest BCUT2D eigenvalue weighted by Gasteiger charge is -2.01. The van der Waals surface area contributed by atoms with Crippen LogP contribution in [0.1, 0.15) is 6.92 Å². The summed E-state index contributed by atoms with van der Waals surface area (Å²) in [4.78, 5) is 0.0578. The van der Waals surface area contributed by atoms with Crippen molar-refractivity contribution in [2.45, 2.75) is 18.4 Å². The van der Waals surface area contributed by atoms with Gasteiger partial charge in [0.25, 0.3) is 10.0 Å². The Bertz CT molecular complexity index is 976. The highest BCUT2D eigenvalue weighted by Gasteiger charge is 2.17. The molecule has 0 amide bonds. The maximum atomic E-state index is 12.2. The smallest absolute Gasteiger partial charge is 0.299 e. The summed E-state index contributed by atoms with van der Waals surface area (Å²) < 4.78 is 29.5. The lowest BCUT2D eigenvalue weighted by atomic mass is 10.2. The summed E-state index contributed by atoms with van der Waals surface area (Å²) in [5.74, 6) is -0.0966. The molecule has 6 nitrogen and oxygen atoms in total.